The van der Waals surface area contributed by atoms with Gasteiger partial charge in [-0.05, 0) is 18.1 Å². The van der Waals surface area contributed by atoms with Gasteiger partial charge >= 0.3 is 14.8 Å². The maximum absolute atomic E-state index is 5.56. The van der Waals surface area contributed by atoms with E-state index in [0.717, 1.165) is 13.2 Å². The third-order valence-corrected chi connectivity index (χ3v) is 4.03. The second-order valence-electron chi connectivity index (χ2n) is 3.61. The molecule has 0 radical (unpaired) electrons. The van der Waals surface area contributed by atoms with Crippen molar-refractivity contribution in [3.05, 3.63) is 0 Å². The van der Waals surface area contributed by atoms with E-state index in [9.17, 15) is 0 Å². The van der Waals surface area contributed by atoms with Crippen LogP contribution in [0.2, 0.25) is 4.28 Å². The first-order chi connectivity index (χ1) is 5.02. The molecular weight excluding hydrogens is 155 g/mol. The fourth-order valence-corrected chi connectivity index (χ4v) is 2.55. The molecule has 0 aromatic rings. The second kappa shape index (κ2) is 5.16. The Kier molecular flexibility index (Phi) is 5.37. The smallest absolute Gasteiger partial charge is 0.478 e. The van der Waals surface area contributed by atoms with Crippen molar-refractivity contribution in [3.8, 4) is 0 Å². The second-order valence-corrected chi connectivity index (χ2v) is 6.67. The highest BCUT2D eigenvalue weighted by atomic mass is 27.2. The monoisotopic (exact) mass is 174 g/mol. The first-order valence-corrected chi connectivity index (χ1v) is 5.77. The van der Waals surface area contributed by atoms with E-state index >= 15 is 0 Å². The molecule has 0 unspecified atom stereocenters. The Hall–Kier alpha value is 0.452. The molecule has 0 aromatic carbocycles. The lowest BCUT2D eigenvalue weighted by Gasteiger charge is -2.23. The summed E-state index contributed by atoms with van der Waals surface area (Å²) < 4.78 is 11.3. The van der Waals surface area contributed by atoms with Crippen molar-refractivity contribution in [1.29, 1.82) is 0 Å². The van der Waals surface area contributed by atoms with E-state index in [-0.39, 0.29) is 4.28 Å². The van der Waals surface area contributed by atoms with Crippen LogP contribution in [0.1, 0.15) is 34.6 Å². The molecule has 0 aliphatic heterocycles. The summed E-state index contributed by atoms with van der Waals surface area (Å²) in [5, 5.41) is 0. The lowest BCUT2D eigenvalue weighted by Crippen LogP contribution is -2.33. The minimum atomic E-state index is -1.42. The van der Waals surface area contributed by atoms with Gasteiger partial charge in [0, 0.05) is 13.2 Å². The van der Waals surface area contributed by atoms with Gasteiger partial charge in [-0.3, -0.25) is 0 Å². The topological polar surface area (TPSA) is 18.5 Å². The van der Waals surface area contributed by atoms with Crippen molar-refractivity contribution < 1.29 is 7.58 Å². The van der Waals surface area contributed by atoms with Crippen molar-refractivity contribution in [3.63, 3.8) is 0 Å². The predicted octanol–water partition coefficient (Wildman–Crippen LogP) is 2.35. The van der Waals surface area contributed by atoms with Crippen molar-refractivity contribution in [2.45, 2.75) is 38.9 Å². The summed E-state index contributed by atoms with van der Waals surface area (Å²) in [4.78, 5) is 0. The Balaban J connectivity index is 3.88. The maximum atomic E-state index is 5.56. The molecular formula is C8H19AlO2. The number of hydrogen-bond acceptors (Lipinski definition) is 2. The van der Waals surface area contributed by atoms with Crippen LogP contribution in [-0.4, -0.2) is 28.0 Å². The molecule has 0 amide bonds. The van der Waals surface area contributed by atoms with E-state index in [1.165, 1.54) is 0 Å². The molecule has 0 N–H and O–H groups in total. The van der Waals surface area contributed by atoms with E-state index < -0.39 is 14.8 Å². The summed E-state index contributed by atoms with van der Waals surface area (Å²) in [5.74, 6) is 0. The van der Waals surface area contributed by atoms with Gasteiger partial charge in [-0.1, -0.05) is 20.8 Å². The fourth-order valence-electron chi connectivity index (χ4n) is 0.851. The molecule has 0 aliphatic rings. The Morgan fingerprint density at radius 3 is 1.55 bits per heavy atom. The first kappa shape index (κ1) is 11.5. The van der Waals surface area contributed by atoms with E-state index in [4.69, 9.17) is 7.58 Å². The molecule has 0 saturated heterocycles. The molecule has 0 bridgehead atoms. The summed E-state index contributed by atoms with van der Waals surface area (Å²) in [6.07, 6.45) is 0. The van der Waals surface area contributed by atoms with Crippen LogP contribution in [-0.2, 0) is 7.58 Å². The summed E-state index contributed by atoms with van der Waals surface area (Å²) >= 11 is -1.42. The summed E-state index contributed by atoms with van der Waals surface area (Å²) in [5.41, 5.74) is 0. The molecule has 0 atom stereocenters. The van der Waals surface area contributed by atoms with Gasteiger partial charge in [0.15, 0.2) is 0 Å². The van der Waals surface area contributed by atoms with Crippen LogP contribution in [0.15, 0.2) is 0 Å². The summed E-state index contributed by atoms with van der Waals surface area (Å²) in [6, 6.07) is 0. The normalized spacial score (nSPS) is 11.7. The Morgan fingerprint density at radius 2 is 1.36 bits per heavy atom. The summed E-state index contributed by atoms with van der Waals surface area (Å²) in [6.45, 7) is 12.1. The molecule has 3 heteroatoms. The first-order valence-electron chi connectivity index (χ1n) is 4.25. The van der Waals surface area contributed by atoms with Crippen LogP contribution in [0.4, 0.5) is 0 Å². The molecule has 0 fully saturated rings. The van der Waals surface area contributed by atoms with E-state index in [1.807, 2.05) is 13.8 Å². The molecule has 11 heavy (non-hydrogen) atoms. The Labute approximate surface area is 74.9 Å². The van der Waals surface area contributed by atoms with Gasteiger partial charge < -0.3 is 7.58 Å². The molecule has 66 valence electrons. The fraction of sp³-hybridized carbons (Fsp3) is 1.00. The highest BCUT2D eigenvalue weighted by Crippen LogP contribution is 2.27. The highest BCUT2D eigenvalue weighted by Gasteiger charge is 2.38. The van der Waals surface area contributed by atoms with Gasteiger partial charge in [-0.2, -0.15) is 0 Å². The predicted molar refractivity (Wildman–Crippen MR) is 48.7 cm³/mol. The van der Waals surface area contributed by atoms with Crippen LogP contribution in [0.25, 0.3) is 0 Å². The summed E-state index contributed by atoms with van der Waals surface area (Å²) in [7, 11) is 0. The zero-order valence-electron chi connectivity index (χ0n) is 8.31. The van der Waals surface area contributed by atoms with Crippen LogP contribution in [0.5, 0.6) is 0 Å². The van der Waals surface area contributed by atoms with Crippen LogP contribution >= 0.6 is 0 Å². The Bertz CT molecular complexity index is 92.8. The zero-order valence-corrected chi connectivity index (χ0v) is 9.46. The SMILES string of the molecule is CC[O][Al]([O]CC)[C](C)(C)C. The standard InChI is InChI=1S/C4H9.2C2H5O.Al/c1-4(2)3;2*1-2-3;/h1-3H3;2*2H2,1H3;/q;2*-1;+2. The minimum absolute atomic E-state index is 0.214. The maximum Gasteiger partial charge on any atom is 0.680 e. The van der Waals surface area contributed by atoms with Crippen molar-refractivity contribution in [2.24, 2.45) is 0 Å². The lowest BCUT2D eigenvalue weighted by molar-refractivity contribution is 0.193. The molecule has 0 aliphatic carbocycles. The molecule has 2 nitrogen and oxygen atoms in total. The van der Waals surface area contributed by atoms with E-state index in [0.29, 0.717) is 0 Å². The zero-order chi connectivity index (χ0) is 8.91. The van der Waals surface area contributed by atoms with Gasteiger partial charge in [0.25, 0.3) is 0 Å². The van der Waals surface area contributed by atoms with Gasteiger partial charge in [-0.25, -0.2) is 0 Å². The van der Waals surface area contributed by atoms with Gasteiger partial charge in [0.1, 0.15) is 0 Å². The number of hydrogen-bond donors (Lipinski definition) is 0. The molecule has 0 heterocycles. The van der Waals surface area contributed by atoms with Gasteiger partial charge in [-0.15, -0.1) is 0 Å². The third kappa shape index (κ3) is 4.82. The molecule has 0 saturated carbocycles. The van der Waals surface area contributed by atoms with Crippen LogP contribution < -0.4 is 0 Å². The molecule has 0 spiro atoms. The van der Waals surface area contributed by atoms with Crippen molar-refractivity contribution in [1.82, 2.24) is 0 Å². The van der Waals surface area contributed by atoms with Gasteiger partial charge in [0.05, 0.1) is 0 Å². The van der Waals surface area contributed by atoms with E-state index in [1.54, 1.807) is 0 Å². The van der Waals surface area contributed by atoms with Crippen molar-refractivity contribution >= 4 is 14.8 Å². The Morgan fingerprint density at radius 1 is 1.00 bits per heavy atom. The average Bonchev–Trinajstić information content (AvgIpc) is 1.85. The van der Waals surface area contributed by atoms with Crippen LogP contribution in [0, 0.1) is 0 Å². The van der Waals surface area contributed by atoms with Crippen molar-refractivity contribution in [2.75, 3.05) is 13.2 Å². The molecule has 0 aromatic heterocycles. The third-order valence-electron chi connectivity index (χ3n) is 1.34. The number of rotatable bonds is 4. The quantitative estimate of drug-likeness (QED) is 0.609. The molecule has 0 rings (SSSR count). The minimum Gasteiger partial charge on any atom is -0.478 e. The van der Waals surface area contributed by atoms with Gasteiger partial charge in [0.2, 0.25) is 0 Å². The average molecular weight is 174 g/mol. The van der Waals surface area contributed by atoms with E-state index in [2.05, 4.69) is 20.8 Å². The van der Waals surface area contributed by atoms with Crippen LogP contribution in [0.3, 0.4) is 0 Å². The lowest BCUT2D eigenvalue weighted by atomic mass is 10.2. The largest absolute Gasteiger partial charge is 0.680 e. The highest BCUT2D eigenvalue weighted by molar-refractivity contribution is 6.48.